The number of hydrogen-bond acceptors (Lipinski definition) is 4. The van der Waals surface area contributed by atoms with Crippen LogP contribution in [0.25, 0.3) is 0 Å². The second-order valence-corrected chi connectivity index (χ2v) is 9.35. The molecule has 3 rings (SSSR count). The molecule has 0 amide bonds. The molecule has 0 bridgehead atoms. The highest BCUT2D eigenvalue weighted by molar-refractivity contribution is 7.88. The Labute approximate surface area is 178 Å². The highest BCUT2D eigenvalue weighted by Gasteiger charge is 2.35. The van der Waals surface area contributed by atoms with Crippen molar-refractivity contribution in [3.8, 4) is 5.75 Å². The van der Waals surface area contributed by atoms with Crippen molar-refractivity contribution < 1.29 is 18.3 Å². The normalized spacial score (nSPS) is 13.7. The van der Waals surface area contributed by atoms with Crippen LogP contribution in [0, 0.1) is 0 Å². The van der Waals surface area contributed by atoms with E-state index in [-0.39, 0.29) is 18.2 Å². The predicted octanol–water partition coefficient (Wildman–Crippen LogP) is 3.70. The van der Waals surface area contributed by atoms with Gasteiger partial charge in [0.2, 0.25) is 10.0 Å². The van der Waals surface area contributed by atoms with E-state index in [0.29, 0.717) is 11.3 Å². The topological polar surface area (TPSA) is 75.6 Å². The molecule has 0 radical (unpaired) electrons. The summed E-state index contributed by atoms with van der Waals surface area (Å²) in [7, 11) is -2.12. The molecule has 1 atom stereocenters. The summed E-state index contributed by atoms with van der Waals surface area (Å²) in [5.74, 6) is 0.0177. The van der Waals surface area contributed by atoms with Gasteiger partial charge in [-0.2, -0.15) is 0 Å². The summed E-state index contributed by atoms with van der Waals surface area (Å²) in [5, 5.41) is 11.3. The number of methoxy groups -OCH3 is 1. The van der Waals surface area contributed by atoms with Crippen LogP contribution in [0.5, 0.6) is 5.75 Å². The average Bonchev–Trinajstić information content (AvgIpc) is 2.74. The minimum absolute atomic E-state index is 0.117. The molecule has 0 aromatic heterocycles. The monoisotopic (exact) mass is 425 g/mol. The van der Waals surface area contributed by atoms with Crippen molar-refractivity contribution in [2.45, 2.75) is 24.2 Å². The second-order valence-electron chi connectivity index (χ2n) is 7.54. The fraction of sp³-hybridized carbons (Fsp3) is 0.250. The van der Waals surface area contributed by atoms with Gasteiger partial charge in [-0.25, -0.2) is 13.1 Å². The van der Waals surface area contributed by atoms with Crippen LogP contribution in [-0.2, 0) is 15.8 Å². The lowest BCUT2D eigenvalue weighted by Crippen LogP contribution is -2.45. The summed E-state index contributed by atoms with van der Waals surface area (Å²) < 4.78 is 33.1. The largest absolute Gasteiger partial charge is 0.497 e. The lowest BCUT2D eigenvalue weighted by atomic mass is 9.78. The van der Waals surface area contributed by atoms with Crippen LogP contribution in [0.4, 0.5) is 0 Å². The first-order chi connectivity index (χ1) is 14.3. The van der Waals surface area contributed by atoms with Crippen LogP contribution in [0.2, 0.25) is 0 Å². The molecule has 0 aliphatic rings. The number of rotatable bonds is 9. The van der Waals surface area contributed by atoms with Gasteiger partial charge in [-0.3, -0.25) is 0 Å². The summed E-state index contributed by atoms with van der Waals surface area (Å²) in [6.07, 6.45) is 0. The summed E-state index contributed by atoms with van der Waals surface area (Å²) in [6, 6.07) is 26.2. The molecule has 2 N–H and O–H groups in total. The van der Waals surface area contributed by atoms with Gasteiger partial charge in [0, 0.05) is 12.5 Å². The van der Waals surface area contributed by atoms with E-state index < -0.39 is 15.6 Å². The molecular weight excluding hydrogens is 398 g/mol. The zero-order valence-corrected chi connectivity index (χ0v) is 18.0. The molecule has 3 aromatic rings. The summed E-state index contributed by atoms with van der Waals surface area (Å²) >= 11 is 0. The van der Waals surface area contributed by atoms with Crippen molar-refractivity contribution in [3.05, 3.63) is 102 Å². The van der Waals surface area contributed by atoms with E-state index in [0.717, 1.165) is 11.1 Å². The molecule has 30 heavy (non-hydrogen) atoms. The van der Waals surface area contributed by atoms with Gasteiger partial charge in [-0.1, -0.05) is 72.8 Å². The highest BCUT2D eigenvalue weighted by atomic mass is 32.2. The van der Waals surface area contributed by atoms with Crippen molar-refractivity contribution >= 4 is 10.0 Å². The Bertz CT molecular complexity index is 1010. The summed E-state index contributed by atoms with van der Waals surface area (Å²) in [4.78, 5) is 0. The molecule has 6 heteroatoms. The Morgan fingerprint density at radius 2 is 1.50 bits per heavy atom. The van der Waals surface area contributed by atoms with E-state index in [1.807, 2.05) is 60.7 Å². The van der Waals surface area contributed by atoms with E-state index in [9.17, 15) is 13.5 Å². The Morgan fingerprint density at radius 1 is 0.933 bits per heavy atom. The smallest absolute Gasteiger partial charge is 0.215 e. The number of hydrogen-bond donors (Lipinski definition) is 2. The predicted molar refractivity (Wildman–Crippen MR) is 119 cm³/mol. The fourth-order valence-electron chi connectivity index (χ4n) is 3.59. The number of aliphatic hydroxyl groups is 1. The molecule has 0 saturated carbocycles. The van der Waals surface area contributed by atoms with Gasteiger partial charge in [0.1, 0.15) is 5.75 Å². The quantitative estimate of drug-likeness (QED) is 0.548. The van der Waals surface area contributed by atoms with E-state index in [1.165, 1.54) is 7.11 Å². The lowest BCUT2D eigenvalue weighted by molar-refractivity contribution is 0.0481. The molecule has 0 spiro atoms. The maximum Gasteiger partial charge on any atom is 0.215 e. The molecule has 0 aliphatic heterocycles. The van der Waals surface area contributed by atoms with Crippen molar-refractivity contribution in [1.82, 2.24) is 4.72 Å². The third-order valence-corrected chi connectivity index (χ3v) is 6.33. The van der Waals surface area contributed by atoms with E-state index in [4.69, 9.17) is 4.74 Å². The van der Waals surface area contributed by atoms with Crippen LogP contribution in [0.3, 0.4) is 0 Å². The molecular formula is C24H27NO4S. The maximum absolute atomic E-state index is 12.7. The SMILES string of the molecule is COc1cccc(CS(=O)(=O)NCC(C)(O)C(c2ccccc2)c2ccccc2)c1. The van der Waals surface area contributed by atoms with Crippen LogP contribution in [-0.4, -0.2) is 32.8 Å². The molecule has 0 saturated heterocycles. The highest BCUT2D eigenvalue weighted by Crippen LogP contribution is 2.34. The van der Waals surface area contributed by atoms with Crippen molar-refractivity contribution in [1.29, 1.82) is 0 Å². The zero-order valence-electron chi connectivity index (χ0n) is 17.2. The van der Waals surface area contributed by atoms with Crippen LogP contribution < -0.4 is 9.46 Å². The minimum Gasteiger partial charge on any atom is -0.497 e. The van der Waals surface area contributed by atoms with Gasteiger partial charge in [0.15, 0.2) is 0 Å². The standard InChI is InChI=1S/C24H27NO4S/c1-24(26,18-25-30(27,28)17-19-10-9-15-22(16-19)29-2)23(20-11-5-3-6-12-20)21-13-7-4-8-14-21/h3-16,23,25-26H,17-18H2,1-2H3. The first-order valence-corrected chi connectivity index (χ1v) is 11.4. The number of benzene rings is 3. The Kier molecular flexibility index (Phi) is 6.92. The third kappa shape index (κ3) is 5.69. The van der Waals surface area contributed by atoms with Gasteiger partial charge < -0.3 is 9.84 Å². The van der Waals surface area contributed by atoms with Crippen molar-refractivity contribution in [3.63, 3.8) is 0 Å². The van der Waals surface area contributed by atoms with Gasteiger partial charge >= 0.3 is 0 Å². The van der Waals surface area contributed by atoms with Crippen LogP contribution >= 0.6 is 0 Å². The van der Waals surface area contributed by atoms with Crippen LogP contribution in [0.15, 0.2) is 84.9 Å². The first kappa shape index (κ1) is 22.0. The molecule has 0 heterocycles. The van der Waals surface area contributed by atoms with Crippen molar-refractivity contribution in [2.24, 2.45) is 0 Å². The first-order valence-electron chi connectivity index (χ1n) is 9.73. The molecule has 0 fully saturated rings. The molecule has 5 nitrogen and oxygen atoms in total. The van der Waals surface area contributed by atoms with E-state index in [1.54, 1.807) is 31.2 Å². The molecule has 0 aliphatic carbocycles. The number of sulfonamides is 1. The summed E-state index contributed by atoms with van der Waals surface area (Å²) in [5.41, 5.74) is 1.11. The van der Waals surface area contributed by atoms with E-state index >= 15 is 0 Å². The number of ether oxygens (including phenoxy) is 1. The second kappa shape index (κ2) is 9.43. The van der Waals surface area contributed by atoms with Gasteiger partial charge in [0.25, 0.3) is 0 Å². The Hall–Kier alpha value is -2.67. The van der Waals surface area contributed by atoms with Gasteiger partial charge in [0.05, 0.1) is 18.5 Å². The lowest BCUT2D eigenvalue weighted by Gasteiger charge is -2.34. The van der Waals surface area contributed by atoms with Gasteiger partial charge in [-0.15, -0.1) is 0 Å². The molecule has 1 unspecified atom stereocenters. The number of nitrogens with one attached hydrogen (secondary N) is 1. The Morgan fingerprint density at radius 3 is 2.03 bits per heavy atom. The van der Waals surface area contributed by atoms with Crippen molar-refractivity contribution in [2.75, 3.05) is 13.7 Å². The molecule has 158 valence electrons. The van der Waals surface area contributed by atoms with Gasteiger partial charge in [-0.05, 0) is 35.7 Å². The maximum atomic E-state index is 12.7. The zero-order chi connectivity index (χ0) is 21.6. The summed E-state index contributed by atoms with van der Waals surface area (Å²) in [6.45, 7) is 1.54. The Balaban J connectivity index is 1.80. The third-order valence-electron chi connectivity index (χ3n) is 5.03. The fourth-order valence-corrected chi connectivity index (χ4v) is 4.82. The minimum atomic E-state index is -3.66. The average molecular weight is 426 g/mol. The van der Waals surface area contributed by atoms with Crippen LogP contribution in [0.1, 0.15) is 29.5 Å². The molecule has 3 aromatic carbocycles. The van der Waals surface area contributed by atoms with E-state index in [2.05, 4.69) is 4.72 Å².